The molecule has 0 aromatic heterocycles. The summed E-state index contributed by atoms with van der Waals surface area (Å²) in [5.41, 5.74) is 0.417. The number of benzene rings is 1. The highest BCUT2D eigenvalue weighted by Crippen LogP contribution is 2.45. The fourth-order valence-corrected chi connectivity index (χ4v) is 3.67. The molecule has 104 valence electrons. The molecule has 2 fully saturated rings. The quantitative estimate of drug-likeness (QED) is 0.862. The summed E-state index contributed by atoms with van der Waals surface area (Å²) in [7, 11) is 0. The maximum absolute atomic E-state index is 5.93. The Hall–Kier alpha value is -0.670. The van der Waals surface area contributed by atoms with E-state index in [0.717, 1.165) is 24.9 Å². The van der Waals surface area contributed by atoms with Gasteiger partial charge in [-0.2, -0.15) is 11.8 Å². The number of rotatable bonds is 6. The number of para-hydroxylation sites is 1. The summed E-state index contributed by atoms with van der Waals surface area (Å²) in [6.07, 6.45) is 5.29. The van der Waals surface area contributed by atoms with Crippen LogP contribution in [0.25, 0.3) is 0 Å². The molecule has 0 spiro atoms. The zero-order valence-corrected chi connectivity index (χ0v) is 12.3. The largest absolute Gasteiger partial charge is 0.493 e. The molecule has 1 saturated carbocycles. The highest BCUT2D eigenvalue weighted by molar-refractivity contribution is 7.99. The fraction of sp³-hybridized carbons (Fsp3) is 0.625. The van der Waals surface area contributed by atoms with E-state index in [1.54, 1.807) is 0 Å². The lowest BCUT2D eigenvalue weighted by Gasteiger charge is -2.25. The molecular formula is C16H23NOS. The van der Waals surface area contributed by atoms with Crippen molar-refractivity contribution in [2.75, 3.05) is 24.7 Å². The van der Waals surface area contributed by atoms with Crippen LogP contribution in [0.2, 0.25) is 0 Å². The van der Waals surface area contributed by atoms with E-state index in [0.29, 0.717) is 5.41 Å². The lowest BCUT2D eigenvalue weighted by atomic mass is 10.1. The lowest BCUT2D eigenvalue weighted by molar-refractivity contribution is 0.223. The number of nitrogens with one attached hydrogen (secondary N) is 1. The van der Waals surface area contributed by atoms with Gasteiger partial charge in [0.05, 0.1) is 6.61 Å². The molecule has 3 heteroatoms. The normalized spacial score (nSPS) is 22.1. The summed E-state index contributed by atoms with van der Waals surface area (Å²) in [5.74, 6) is 3.65. The van der Waals surface area contributed by atoms with Crippen molar-refractivity contribution in [2.45, 2.75) is 31.7 Å². The van der Waals surface area contributed by atoms with Crippen molar-refractivity contribution in [1.29, 1.82) is 0 Å². The van der Waals surface area contributed by atoms with Crippen molar-refractivity contribution in [1.82, 2.24) is 5.32 Å². The van der Waals surface area contributed by atoms with E-state index in [4.69, 9.17) is 4.74 Å². The summed E-state index contributed by atoms with van der Waals surface area (Å²) < 4.78 is 5.93. The molecule has 0 atom stereocenters. The molecule has 1 aliphatic heterocycles. The van der Waals surface area contributed by atoms with Crippen LogP contribution in [0.3, 0.4) is 0 Å². The van der Waals surface area contributed by atoms with E-state index >= 15 is 0 Å². The third-order valence-corrected chi connectivity index (χ3v) is 5.28. The van der Waals surface area contributed by atoms with Gasteiger partial charge < -0.3 is 10.1 Å². The van der Waals surface area contributed by atoms with Gasteiger partial charge in [-0.1, -0.05) is 18.2 Å². The van der Waals surface area contributed by atoms with Gasteiger partial charge in [0, 0.05) is 18.0 Å². The number of ether oxygens (including phenoxy) is 1. The molecule has 0 bridgehead atoms. The van der Waals surface area contributed by atoms with Gasteiger partial charge in [0.1, 0.15) is 5.75 Å². The van der Waals surface area contributed by atoms with Crippen molar-refractivity contribution >= 4 is 11.8 Å². The van der Waals surface area contributed by atoms with Crippen molar-refractivity contribution in [3.63, 3.8) is 0 Å². The first-order valence-corrected chi connectivity index (χ1v) is 8.51. The van der Waals surface area contributed by atoms with Crippen LogP contribution in [0.1, 0.15) is 25.7 Å². The Kier molecular flexibility index (Phi) is 4.34. The Bertz CT molecular complexity index is 385. The monoisotopic (exact) mass is 277 g/mol. The van der Waals surface area contributed by atoms with Crippen LogP contribution in [0.4, 0.5) is 0 Å². The third kappa shape index (κ3) is 3.90. The molecular weight excluding hydrogens is 254 g/mol. The van der Waals surface area contributed by atoms with E-state index in [2.05, 4.69) is 17.1 Å². The Balaban J connectivity index is 1.42. The second kappa shape index (κ2) is 6.19. The molecule has 0 amide bonds. The number of thioether (sulfide) groups is 1. The van der Waals surface area contributed by atoms with Crippen LogP contribution in [-0.2, 0) is 0 Å². The predicted octanol–water partition coefficient (Wildman–Crippen LogP) is 3.33. The van der Waals surface area contributed by atoms with Crippen LogP contribution < -0.4 is 10.1 Å². The maximum Gasteiger partial charge on any atom is 0.119 e. The highest BCUT2D eigenvalue weighted by atomic mass is 32.2. The van der Waals surface area contributed by atoms with Crippen LogP contribution in [0.5, 0.6) is 5.75 Å². The minimum absolute atomic E-state index is 0.417. The minimum atomic E-state index is 0.417. The number of hydrogen-bond donors (Lipinski definition) is 1. The van der Waals surface area contributed by atoms with E-state index in [-0.39, 0.29) is 0 Å². The molecule has 1 aromatic carbocycles. The maximum atomic E-state index is 5.93. The standard InChI is InChI=1S/C16H23NOS/c1-2-4-15(5-3-1)18-13-16(8-9-16)12-17-14-6-10-19-11-7-14/h1-5,14,17H,6-13H2. The Morgan fingerprint density at radius 1 is 1.16 bits per heavy atom. The first-order chi connectivity index (χ1) is 9.36. The fourth-order valence-electron chi connectivity index (χ4n) is 2.56. The molecule has 2 aliphatic rings. The third-order valence-electron chi connectivity index (χ3n) is 4.23. The Morgan fingerprint density at radius 2 is 1.89 bits per heavy atom. The van der Waals surface area contributed by atoms with Crippen molar-refractivity contribution in [3.8, 4) is 5.75 Å². The van der Waals surface area contributed by atoms with Gasteiger partial charge in [0.15, 0.2) is 0 Å². The Morgan fingerprint density at radius 3 is 2.58 bits per heavy atom. The van der Waals surface area contributed by atoms with Gasteiger partial charge in [0.25, 0.3) is 0 Å². The highest BCUT2D eigenvalue weighted by Gasteiger charge is 2.43. The van der Waals surface area contributed by atoms with E-state index in [9.17, 15) is 0 Å². The average Bonchev–Trinajstić information content (AvgIpc) is 3.26. The summed E-state index contributed by atoms with van der Waals surface area (Å²) in [6, 6.07) is 10.9. The second-order valence-corrected chi connectivity index (χ2v) is 7.09. The number of hydrogen-bond acceptors (Lipinski definition) is 3. The molecule has 1 aliphatic carbocycles. The van der Waals surface area contributed by atoms with Crippen molar-refractivity contribution in [3.05, 3.63) is 30.3 Å². The minimum Gasteiger partial charge on any atom is -0.493 e. The van der Waals surface area contributed by atoms with Crippen molar-refractivity contribution < 1.29 is 4.74 Å². The van der Waals surface area contributed by atoms with Gasteiger partial charge in [-0.15, -0.1) is 0 Å². The van der Waals surface area contributed by atoms with Crippen LogP contribution in [0.15, 0.2) is 30.3 Å². The SMILES string of the molecule is c1ccc(OCC2(CNC3CCSCC3)CC2)cc1. The van der Waals surface area contributed by atoms with Gasteiger partial charge in [-0.3, -0.25) is 0 Å². The summed E-state index contributed by atoms with van der Waals surface area (Å²) in [4.78, 5) is 0. The van der Waals surface area contributed by atoms with E-state index in [1.807, 2.05) is 30.3 Å². The first-order valence-electron chi connectivity index (χ1n) is 7.35. The van der Waals surface area contributed by atoms with E-state index < -0.39 is 0 Å². The van der Waals surface area contributed by atoms with Gasteiger partial charge >= 0.3 is 0 Å². The van der Waals surface area contributed by atoms with Gasteiger partial charge in [-0.25, -0.2) is 0 Å². The smallest absolute Gasteiger partial charge is 0.119 e. The van der Waals surface area contributed by atoms with Crippen LogP contribution in [-0.4, -0.2) is 30.7 Å². The molecule has 1 N–H and O–H groups in total. The van der Waals surface area contributed by atoms with E-state index in [1.165, 1.54) is 37.2 Å². The Labute approximate surface area is 120 Å². The predicted molar refractivity (Wildman–Crippen MR) is 82.0 cm³/mol. The van der Waals surface area contributed by atoms with Gasteiger partial charge in [-0.05, 0) is 49.3 Å². The van der Waals surface area contributed by atoms with Gasteiger partial charge in [0.2, 0.25) is 0 Å². The topological polar surface area (TPSA) is 21.3 Å². The molecule has 3 rings (SSSR count). The lowest BCUT2D eigenvalue weighted by Crippen LogP contribution is -2.38. The summed E-state index contributed by atoms with van der Waals surface area (Å²) in [6.45, 7) is 2.00. The second-order valence-electron chi connectivity index (χ2n) is 5.87. The molecule has 1 heterocycles. The van der Waals surface area contributed by atoms with Crippen LogP contribution in [0, 0.1) is 5.41 Å². The zero-order chi connectivity index (χ0) is 13.0. The molecule has 2 nitrogen and oxygen atoms in total. The molecule has 0 unspecified atom stereocenters. The molecule has 1 saturated heterocycles. The first kappa shape index (κ1) is 13.3. The zero-order valence-electron chi connectivity index (χ0n) is 11.4. The molecule has 1 aromatic rings. The summed E-state index contributed by atoms with van der Waals surface area (Å²) in [5, 5.41) is 3.77. The van der Waals surface area contributed by atoms with Crippen molar-refractivity contribution in [2.24, 2.45) is 5.41 Å². The molecule has 0 radical (unpaired) electrons. The summed E-state index contributed by atoms with van der Waals surface area (Å²) >= 11 is 2.09. The van der Waals surface area contributed by atoms with Crippen LogP contribution >= 0.6 is 11.8 Å². The average molecular weight is 277 g/mol. The molecule has 19 heavy (non-hydrogen) atoms.